The zero-order chi connectivity index (χ0) is 21.1. The molecule has 2 saturated carbocycles. The summed E-state index contributed by atoms with van der Waals surface area (Å²) in [5.41, 5.74) is 3.88. The number of aromatic nitrogens is 1. The second kappa shape index (κ2) is 9.27. The number of hydrogen-bond acceptors (Lipinski definition) is 3. The first kappa shape index (κ1) is 21.6. The van der Waals surface area contributed by atoms with Crippen LogP contribution in [0.5, 0.6) is 5.75 Å². The van der Waals surface area contributed by atoms with Gasteiger partial charge < -0.3 is 9.30 Å². The number of hydrogen-bond donors (Lipinski definition) is 0. The molecule has 0 spiro atoms. The summed E-state index contributed by atoms with van der Waals surface area (Å²) in [4.78, 5) is 4.33. The van der Waals surface area contributed by atoms with E-state index >= 15 is 0 Å². The summed E-state index contributed by atoms with van der Waals surface area (Å²) < 4.78 is 18.7. The molecular weight excluding hydrogens is 389 g/mol. The molecule has 2 aliphatic carbocycles. The fourth-order valence-corrected chi connectivity index (χ4v) is 6.49. The molecule has 0 aliphatic heterocycles. The van der Waals surface area contributed by atoms with Crippen LogP contribution < -0.4 is 4.74 Å². The van der Waals surface area contributed by atoms with Gasteiger partial charge in [0.1, 0.15) is 5.75 Å². The molecule has 1 atom stereocenters. The van der Waals surface area contributed by atoms with Gasteiger partial charge >= 0.3 is 0 Å². The van der Waals surface area contributed by atoms with Crippen LogP contribution in [0.2, 0.25) is 0 Å². The zero-order valence-corrected chi connectivity index (χ0v) is 19.6. The average molecular weight is 426 g/mol. The van der Waals surface area contributed by atoms with Gasteiger partial charge in [-0.3, -0.25) is 4.98 Å². The highest BCUT2D eigenvalue weighted by atomic mass is 31.2. The lowest BCUT2D eigenvalue weighted by atomic mass is 9.79. The molecule has 1 aromatic heterocycles. The van der Waals surface area contributed by atoms with E-state index in [0.29, 0.717) is 23.7 Å². The molecule has 0 radical (unpaired) electrons. The first-order chi connectivity index (χ1) is 14.4. The van der Waals surface area contributed by atoms with Gasteiger partial charge in [-0.25, -0.2) is 0 Å². The lowest BCUT2D eigenvalue weighted by molar-refractivity contribution is 0.200. The molecule has 2 aromatic rings. The summed E-state index contributed by atoms with van der Waals surface area (Å²) in [5.74, 6) is 3.42. The normalized spacial score (nSPS) is 23.2. The van der Waals surface area contributed by atoms with E-state index < -0.39 is 7.14 Å². The molecule has 2 fully saturated rings. The van der Waals surface area contributed by atoms with Crippen molar-refractivity contribution in [2.75, 3.05) is 26.1 Å². The Morgan fingerprint density at radius 1 is 1.07 bits per heavy atom. The number of ether oxygens (including phenoxy) is 1. The minimum Gasteiger partial charge on any atom is -0.493 e. The van der Waals surface area contributed by atoms with Crippen LogP contribution in [-0.4, -0.2) is 31.1 Å². The third-order valence-corrected chi connectivity index (χ3v) is 8.11. The van der Waals surface area contributed by atoms with Crippen LogP contribution >= 0.6 is 7.14 Å². The third-order valence-electron chi connectivity index (χ3n) is 6.84. The first-order valence-corrected chi connectivity index (χ1v) is 14.4. The summed E-state index contributed by atoms with van der Waals surface area (Å²) in [6.45, 7) is 6.73. The molecule has 30 heavy (non-hydrogen) atoms. The van der Waals surface area contributed by atoms with Gasteiger partial charge in [-0.2, -0.15) is 0 Å². The molecule has 0 unspecified atom stereocenters. The predicted molar refractivity (Wildman–Crippen MR) is 125 cm³/mol. The summed E-state index contributed by atoms with van der Waals surface area (Å²) in [7, 11) is -2.03. The summed E-state index contributed by atoms with van der Waals surface area (Å²) in [6, 6.07) is 13.0. The maximum Gasteiger partial charge on any atom is 0.119 e. The van der Waals surface area contributed by atoms with E-state index in [4.69, 9.17) is 4.74 Å². The summed E-state index contributed by atoms with van der Waals surface area (Å²) >= 11 is 0. The minimum atomic E-state index is -2.03. The van der Waals surface area contributed by atoms with Gasteiger partial charge in [-0.05, 0) is 118 Å². The molecule has 1 heterocycles. The van der Waals surface area contributed by atoms with Gasteiger partial charge in [0.25, 0.3) is 0 Å². The Labute approximate surface area is 182 Å². The van der Waals surface area contributed by atoms with Crippen LogP contribution in [0.15, 0.2) is 42.6 Å². The minimum absolute atomic E-state index is 0.425. The second-order valence-corrected chi connectivity index (χ2v) is 13.5. The number of aryl methyl sites for hydroxylation is 1. The standard InChI is InChI=1S/C26H36NO2P/c1-19-15-23(13-14-27-19)21-9-7-20(8-10-21)17-29-25-6-4-5-24(16-25)26(22-11-12-22)18-30(2,3)28/h4-6,13-16,20-22,26H,7-12,17-18H2,1-3H3/t20?,21?,26-/m0/s1. The maximum absolute atomic E-state index is 12.5. The topological polar surface area (TPSA) is 39.2 Å². The summed E-state index contributed by atoms with van der Waals surface area (Å²) in [6.07, 6.45) is 10.2. The van der Waals surface area contributed by atoms with E-state index in [1.165, 1.54) is 49.7 Å². The Morgan fingerprint density at radius 2 is 1.83 bits per heavy atom. The average Bonchev–Trinajstić information content (AvgIpc) is 3.56. The molecule has 3 nitrogen and oxygen atoms in total. The highest BCUT2D eigenvalue weighted by Gasteiger charge is 2.34. The third kappa shape index (κ3) is 5.97. The van der Waals surface area contributed by atoms with Crippen molar-refractivity contribution in [3.05, 3.63) is 59.4 Å². The van der Waals surface area contributed by atoms with Crippen molar-refractivity contribution in [3.63, 3.8) is 0 Å². The quantitative estimate of drug-likeness (QED) is 0.434. The Morgan fingerprint density at radius 3 is 2.50 bits per heavy atom. The van der Waals surface area contributed by atoms with Crippen LogP contribution in [0.4, 0.5) is 0 Å². The highest BCUT2D eigenvalue weighted by Crippen LogP contribution is 2.51. The van der Waals surface area contributed by atoms with Gasteiger partial charge in [0.05, 0.1) is 13.7 Å². The van der Waals surface area contributed by atoms with Crippen LogP contribution in [-0.2, 0) is 4.57 Å². The zero-order valence-electron chi connectivity index (χ0n) is 18.7. The highest BCUT2D eigenvalue weighted by molar-refractivity contribution is 7.62. The number of rotatable bonds is 8. The SMILES string of the molecule is Cc1cc(C2CCC(COc3cccc([C@@H](CP(C)(C)=O)C4CC4)c3)CC2)ccn1. The van der Waals surface area contributed by atoms with E-state index in [9.17, 15) is 4.57 Å². The Bertz CT molecular complexity index is 893. The van der Waals surface area contributed by atoms with E-state index in [2.05, 4.69) is 48.3 Å². The molecule has 0 amide bonds. The van der Waals surface area contributed by atoms with E-state index in [1.54, 1.807) is 0 Å². The van der Waals surface area contributed by atoms with Crippen molar-refractivity contribution in [1.82, 2.24) is 4.98 Å². The van der Waals surface area contributed by atoms with Gasteiger partial charge in [-0.15, -0.1) is 0 Å². The first-order valence-electron chi connectivity index (χ1n) is 11.6. The molecule has 2 aliphatic rings. The molecule has 0 bridgehead atoms. The molecule has 0 saturated heterocycles. The monoisotopic (exact) mass is 425 g/mol. The van der Waals surface area contributed by atoms with E-state index in [-0.39, 0.29) is 0 Å². The van der Waals surface area contributed by atoms with Crippen LogP contribution in [0.1, 0.15) is 67.2 Å². The largest absolute Gasteiger partial charge is 0.493 e. The Kier molecular flexibility index (Phi) is 6.68. The fourth-order valence-electron chi connectivity index (χ4n) is 5.03. The van der Waals surface area contributed by atoms with Crippen LogP contribution in [0.3, 0.4) is 0 Å². The number of pyridine rings is 1. The van der Waals surface area contributed by atoms with Crippen molar-refractivity contribution < 1.29 is 9.30 Å². The van der Waals surface area contributed by atoms with Crippen molar-refractivity contribution in [3.8, 4) is 5.75 Å². The predicted octanol–water partition coefficient (Wildman–Crippen LogP) is 6.86. The Hall–Kier alpha value is -1.60. The van der Waals surface area contributed by atoms with E-state index in [0.717, 1.165) is 24.2 Å². The van der Waals surface area contributed by atoms with Gasteiger partial charge in [-0.1, -0.05) is 12.1 Å². The second-order valence-electron chi connectivity index (χ2n) is 10.0. The fraction of sp³-hybridized carbons (Fsp3) is 0.577. The smallest absolute Gasteiger partial charge is 0.119 e. The van der Waals surface area contributed by atoms with Crippen molar-refractivity contribution in [2.24, 2.45) is 11.8 Å². The lowest BCUT2D eigenvalue weighted by Crippen LogP contribution is -2.19. The maximum atomic E-state index is 12.5. The molecule has 162 valence electrons. The summed E-state index contributed by atoms with van der Waals surface area (Å²) in [5, 5.41) is 0. The number of nitrogens with zero attached hydrogens (tertiary/aromatic N) is 1. The molecule has 4 heteroatoms. The molecule has 0 N–H and O–H groups in total. The molecule has 1 aromatic carbocycles. The van der Waals surface area contributed by atoms with Gasteiger partial charge in [0, 0.05) is 18.1 Å². The van der Waals surface area contributed by atoms with Crippen molar-refractivity contribution in [1.29, 1.82) is 0 Å². The van der Waals surface area contributed by atoms with Gasteiger partial charge in [0.2, 0.25) is 0 Å². The Balaban J connectivity index is 1.31. The van der Waals surface area contributed by atoms with Gasteiger partial charge in [0.15, 0.2) is 0 Å². The van der Waals surface area contributed by atoms with Crippen LogP contribution in [0.25, 0.3) is 0 Å². The lowest BCUT2D eigenvalue weighted by Gasteiger charge is -2.29. The van der Waals surface area contributed by atoms with Crippen molar-refractivity contribution in [2.45, 2.75) is 57.3 Å². The van der Waals surface area contributed by atoms with Crippen molar-refractivity contribution >= 4 is 7.14 Å². The van der Waals surface area contributed by atoms with Crippen LogP contribution in [0, 0.1) is 18.8 Å². The molecule has 4 rings (SSSR count). The molecular formula is C26H36NO2P. The van der Waals surface area contributed by atoms with E-state index in [1.807, 2.05) is 19.5 Å². The number of benzene rings is 1.